The molecule has 4 heteroatoms. The third-order valence-corrected chi connectivity index (χ3v) is 3.30. The van der Waals surface area contributed by atoms with E-state index in [0.717, 1.165) is 31.4 Å². The highest BCUT2D eigenvalue weighted by Gasteiger charge is 2.20. The van der Waals surface area contributed by atoms with Gasteiger partial charge in [-0.1, -0.05) is 24.3 Å². The minimum absolute atomic E-state index is 0.00163. The lowest BCUT2D eigenvalue weighted by Crippen LogP contribution is -2.41. The van der Waals surface area contributed by atoms with Crippen LogP contribution in [0.3, 0.4) is 0 Å². The van der Waals surface area contributed by atoms with Gasteiger partial charge in [0.25, 0.3) is 0 Å². The molecule has 1 aliphatic rings. The molecule has 4 nitrogen and oxygen atoms in total. The van der Waals surface area contributed by atoms with Crippen LogP contribution < -0.4 is 10.6 Å². The summed E-state index contributed by atoms with van der Waals surface area (Å²) in [6.07, 6.45) is 2.85. The van der Waals surface area contributed by atoms with E-state index in [-0.39, 0.29) is 18.6 Å². The molecular weight excluding hydrogens is 228 g/mol. The average Bonchev–Trinajstić information content (AvgIpc) is 2.93. The lowest BCUT2D eigenvalue weighted by atomic mass is 10.1. The van der Waals surface area contributed by atoms with E-state index in [1.54, 1.807) is 0 Å². The number of aliphatic hydroxyl groups excluding tert-OH is 1. The van der Waals surface area contributed by atoms with Crippen molar-refractivity contribution in [1.82, 2.24) is 10.6 Å². The fourth-order valence-corrected chi connectivity index (χ4v) is 2.17. The second-order valence-corrected chi connectivity index (χ2v) is 4.66. The Balaban J connectivity index is 1.72. The van der Waals surface area contributed by atoms with Crippen LogP contribution in [0.1, 0.15) is 24.0 Å². The van der Waals surface area contributed by atoms with Gasteiger partial charge in [-0.3, -0.25) is 4.79 Å². The van der Waals surface area contributed by atoms with Crippen molar-refractivity contribution in [3.05, 3.63) is 35.4 Å². The van der Waals surface area contributed by atoms with Crippen molar-refractivity contribution in [1.29, 1.82) is 0 Å². The molecule has 0 bridgehead atoms. The van der Waals surface area contributed by atoms with E-state index in [0.29, 0.717) is 6.54 Å². The summed E-state index contributed by atoms with van der Waals surface area (Å²) in [6.45, 7) is 1.68. The van der Waals surface area contributed by atoms with E-state index in [4.69, 9.17) is 5.11 Å². The van der Waals surface area contributed by atoms with Crippen molar-refractivity contribution in [2.45, 2.75) is 31.9 Å². The number of aliphatic hydroxyl groups is 1. The first kappa shape index (κ1) is 13.1. The molecule has 3 N–H and O–H groups in total. The average molecular weight is 248 g/mol. The van der Waals surface area contributed by atoms with Crippen LogP contribution in [0.5, 0.6) is 0 Å². The molecule has 1 atom stereocenters. The zero-order valence-electron chi connectivity index (χ0n) is 10.5. The summed E-state index contributed by atoms with van der Waals surface area (Å²) in [6, 6.07) is 7.81. The Hall–Kier alpha value is -1.39. The molecule has 1 unspecified atom stereocenters. The number of nitrogens with one attached hydrogen (secondary N) is 2. The molecule has 1 saturated heterocycles. The van der Waals surface area contributed by atoms with Gasteiger partial charge >= 0.3 is 0 Å². The van der Waals surface area contributed by atoms with E-state index in [1.165, 1.54) is 5.56 Å². The lowest BCUT2D eigenvalue weighted by Gasteiger charge is -2.11. The number of amides is 1. The summed E-state index contributed by atoms with van der Waals surface area (Å²) < 4.78 is 0. The first-order chi connectivity index (χ1) is 8.79. The Morgan fingerprint density at radius 2 is 2.06 bits per heavy atom. The molecule has 1 aromatic carbocycles. The van der Waals surface area contributed by atoms with Crippen molar-refractivity contribution < 1.29 is 9.90 Å². The molecule has 1 fully saturated rings. The quantitative estimate of drug-likeness (QED) is 0.714. The Morgan fingerprint density at radius 1 is 1.33 bits per heavy atom. The van der Waals surface area contributed by atoms with Crippen LogP contribution in [0.4, 0.5) is 0 Å². The molecule has 1 heterocycles. The molecule has 0 aromatic heterocycles. The maximum Gasteiger partial charge on any atom is 0.237 e. The van der Waals surface area contributed by atoms with Gasteiger partial charge in [-0.15, -0.1) is 0 Å². The zero-order valence-corrected chi connectivity index (χ0v) is 10.5. The second kappa shape index (κ2) is 6.52. The minimum Gasteiger partial charge on any atom is -0.392 e. The first-order valence-corrected chi connectivity index (χ1v) is 6.49. The highest BCUT2D eigenvalue weighted by molar-refractivity contribution is 5.81. The van der Waals surface area contributed by atoms with Gasteiger partial charge in [0.2, 0.25) is 5.91 Å². The normalized spacial score (nSPS) is 18.8. The molecule has 0 aliphatic carbocycles. The van der Waals surface area contributed by atoms with Gasteiger partial charge < -0.3 is 15.7 Å². The molecule has 0 spiro atoms. The van der Waals surface area contributed by atoms with E-state index in [9.17, 15) is 4.79 Å². The van der Waals surface area contributed by atoms with E-state index in [2.05, 4.69) is 10.6 Å². The lowest BCUT2D eigenvalue weighted by molar-refractivity contribution is -0.122. The monoisotopic (exact) mass is 248 g/mol. The van der Waals surface area contributed by atoms with Gasteiger partial charge in [0.05, 0.1) is 12.6 Å². The van der Waals surface area contributed by atoms with Gasteiger partial charge in [0.15, 0.2) is 0 Å². The molecule has 18 heavy (non-hydrogen) atoms. The molecule has 98 valence electrons. The Bertz CT molecular complexity index is 383. The van der Waals surface area contributed by atoms with Gasteiger partial charge in [0, 0.05) is 6.54 Å². The smallest absolute Gasteiger partial charge is 0.237 e. The van der Waals surface area contributed by atoms with E-state index >= 15 is 0 Å². The SMILES string of the molecule is O=C(NCCc1ccc(CO)cc1)C1CCCN1. The van der Waals surface area contributed by atoms with Crippen LogP contribution in [0.2, 0.25) is 0 Å². The summed E-state index contributed by atoms with van der Waals surface area (Å²) in [5.41, 5.74) is 2.09. The summed E-state index contributed by atoms with van der Waals surface area (Å²) in [4.78, 5) is 11.7. The summed E-state index contributed by atoms with van der Waals surface area (Å²) in [5, 5.41) is 15.1. The Kier molecular flexibility index (Phi) is 4.73. The Morgan fingerprint density at radius 3 is 2.67 bits per heavy atom. The van der Waals surface area contributed by atoms with E-state index in [1.807, 2.05) is 24.3 Å². The van der Waals surface area contributed by atoms with Gasteiger partial charge in [-0.2, -0.15) is 0 Å². The van der Waals surface area contributed by atoms with Crippen LogP contribution in [-0.4, -0.2) is 30.1 Å². The summed E-state index contributed by atoms with van der Waals surface area (Å²) >= 11 is 0. The van der Waals surface area contributed by atoms with Crippen LogP contribution in [0.15, 0.2) is 24.3 Å². The number of carbonyl (C=O) groups is 1. The van der Waals surface area contributed by atoms with Crippen molar-refractivity contribution in [3.8, 4) is 0 Å². The van der Waals surface area contributed by atoms with Crippen molar-refractivity contribution in [3.63, 3.8) is 0 Å². The fourth-order valence-electron chi connectivity index (χ4n) is 2.17. The molecule has 1 aromatic rings. The van der Waals surface area contributed by atoms with Crippen LogP contribution >= 0.6 is 0 Å². The van der Waals surface area contributed by atoms with Gasteiger partial charge in [-0.25, -0.2) is 0 Å². The molecule has 0 saturated carbocycles. The van der Waals surface area contributed by atoms with Crippen molar-refractivity contribution in [2.24, 2.45) is 0 Å². The standard InChI is InChI=1S/C14H20N2O2/c17-10-12-5-3-11(4-6-12)7-9-16-14(18)13-2-1-8-15-13/h3-6,13,15,17H,1-2,7-10H2,(H,16,18). The number of hydrogen-bond acceptors (Lipinski definition) is 3. The molecule has 1 amide bonds. The van der Waals surface area contributed by atoms with Crippen LogP contribution in [0.25, 0.3) is 0 Å². The molecule has 1 aliphatic heterocycles. The number of hydrogen-bond donors (Lipinski definition) is 3. The molecular formula is C14H20N2O2. The predicted molar refractivity (Wildman–Crippen MR) is 70.1 cm³/mol. The van der Waals surface area contributed by atoms with Gasteiger partial charge in [-0.05, 0) is 36.9 Å². The second-order valence-electron chi connectivity index (χ2n) is 4.66. The zero-order chi connectivity index (χ0) is 12.8. The van der Waals surface area contributed by atoms with Crippen LogP contribution in [0, 0.1) is 0 Å². The summed E-state index contributed by atoms with van der Waals surface area (Å²) in [7, 11) is 0. The predicted octanol–water partition coefficient (Wildman–Crippen LogP) is 0.590. The maximum atomic E-state index is 11.7. The highest BCUT2D eigenvalue weighted by Crippen LogP contribution is 2.06. The molecule has 2 rings (SSSR count). The number of rotatable bonds is 5. The first-order valence-electron chi connectivity index (χ1n) is 6.49. The number of carbonyl (C=O) groups excluding carboxylic acids is 1. The summed E-state index contributed by atoms with van der Waals surface area (Å²) in [5.74, 6) is 0.111. The third kappa shape index (κ3) is 3.55. The van der Waals surface area contributed by atoms with E-state index < -0.39 is 0 Å². The number of benzene rings is 1. The topological polar surface area (TPSA) is 61.4 Å². The fraction of sp³-hybridized carbons (Fsp3) is 0.500. The van der Waals surface area contributed by atoms with Crippen molar-refractivity contribution >= 4 is 5.91 Å². The Labute approximate surface area is 107 Å². The highest BCUT2D eigenvalue weighted by atomic mass is 16.3. The van der Waals surface area contributed by atoms with Crippen molar-refractivity contribution in [2.75, 3.05) is 13.1 Å². The maximum absolute atomic E-state index is 11.7. The van der Waals surface area contributed by atoms with Crippen LogP contribution in [-0.2, 0) is 17.8 Å². The van der Waals surface area contributed by atoms with Gasteiger partial charge in [0.1, 0.15) is 0 Å². The third-order valence-electron chi connectivity index (χ3n) is 3.30. The largest absolute Gasteiger partial charge is 0.392 e. The molecule has 0 radical (unpaired) electrons. The minimum atomic E-state index is 0.00163.